The Bertz CT molecular complexity index is 402. The monoisotopic (exact) mass is 286 g/mol. The first-order chi connectivity index (χ1) is 7.59. The second kappa shape index (κ2) is 4.63. The zero-order chi connectivity index (χ0) is 11.7. The molecule has 1 aliphatic rings. The predicted octanol–water partition coefficient (Wildman–Crippen LogP) is 2.45. The number of fused-ring (bicyclic) bond motifs is 1. The van der Waals surface area contributed by atoms with Gasteiger partial charge in [-0.3, -0.25) is 0 Å². The fourth-order valence-electron chi connectivity index (χ4n) is 1.86. The van der Waals surface area contributed by atoms with Gasteiger partial charge in [0, 0.05) is 10.0 Å². The minimum absolute atomic E-state index is 0.363. The van der Waals surface area contributed by atoms with E-state index in [0.29, 0.717) is 19.6 Å². The number of hydrogen-bond donors (Lipinski definition) is 1. The molecule has 16 heavy (non-hydrogen) atoms. The lowest BCUT2D eigenvalue weighted by atomic mass is 10.0. The molecule has 2 rings (SSSR count). The molecule has 1 aromatic carbocycles. The average molecular weight is 287 g/mol. The van der Waals surface area contributed by atoms with E-state index in [1.165, 1.54) is 0 Å². The summed E-state index contributed by atoms with van der Waals surface area (Å²) in [6.07, 6.45) is 0.246. The van der Waals surface area contributed by atoms with Gasteiger partial charge in [0.25, 0.3) is 0 Å². The summed E-state index contributed by atoms with van der Waals surface area (Å²) in [5.41, 5.74) is 2.09. The third-order valence-electron chi connectivity index (χ3n) is 2.58. The molecule has 0 radical (unpaired) electrons. The zero-order valence-corrected chi connectivity index (χ0v) is 11.0. The van der Waals surface area contributed by atoms with Gasteiger partial charge in [0.15, 0.2) is 11.5 Å². The molecule has 1 N–H and O–H groups in total. The Kier molecular flexibility index (Phi) is 3.40. The largest absolute Gasteiger partial charge is 0.486 e. The smallest absolute Gasteiger partial charge is 0.165 e. The maximum atomic E-state index is 9.43. The SMILES string of the molecule is Cc1c(Br)c(CC(C)O)cc2c1OCCO2. The van der Waals surface area contributed by atoms with Gasteiger partial charge in [-0.15, -0.1) is 0 Å². The highest BCUT2D eigenvalue weighted by atomic mass is 79.9. The molecule has 1 atom stereocenters. The molecule has 0 spiro atoms. The highest BCUT2D eigenvalue weighted by Gasteiger charge is 2.19. The van der Waals surface area contributed by atoms with Gasteiger partial charge in [0.05, 0.1) is 6.10 Å². The van der Waals surface area contributed by atoms with Crippen LogP contribution in [0.5, 0.6) is 11.5 Å². The Morgan fingerprint density at radius 1 is 1.44 bits per heavy atom. The van der Waals surface area contributed by atoms with Crippen LogP contribution in [0.4, 0.5) is 0 Å². The molecule has 1 heterocycles. The molecule has 0 amide bonds. The zero-order valence-electron chi connectivity index (χ0n) is 9.42. The van der Waals surface area contributed by atoms with E-state index < -0.39 is 0 Å². The van der Waals surface area contributed by atoms with E-state index in [4.69, 9.17) is 9.47 Å². The van der Waals surface area contributed by atoms with Crippen molar-refractivity contribution in [3.8, 4) is 11.5 Å². The lowest BCUT2D eigenvalue weighted by Crippen LogP contribution is -2.17. The summed E-state index contributed by atoms with van der Waals surface area (Å²) >= 11 is 3.54. The minimum Gasteiger partial charge on any atom is -0.486 e. The lowest BCUT2D eigenvalue weighted by molar-refractivity contribution is 0.169. The second-order valence-electron chi connectivity index (χ2n) is 4.05. The maximum Gasteiger partial charge on any atom is 0.165 e. The van der Waals surface area contributed by atoms with E-state index in [2.05, 4.69) is 15.9 Å². The Hall–Kier alpha value is -0.740. The highest BCUT2D eigenvalue weighted by molar-refractivity contribution is 9.10. The first-order valence-electron chi connectivity index (χ1n) is 5.35. The van der Waals surface area contributed by atoms with Crippen LogP contribution >= 0.6 is 15.9 Å². The van der Waals surface area contributed by atoms with Gasteiger partial charge in [0.2, 0.25) is 0 Å². The molecule has 0 fully saturated rings. The van der Waals surface area contributed by atoms with E-state index >= 15 is 0 Å². The average Bonchev–Trinajstić information content (AvgIpc) is 2.25. The Balaban J connectivity index is 2.44. The standard InChI is InChI=1S/C12H15BrO3/c1-7(14)5-9-6-10-12(8(2)11(9)13)16-4-3-15-10/h6-7,14H,3-5H2,1-2H3. The fraction of sp³-hybridized carbons (Fsp3) is 0.500. The van der Waals surface area contributed by atoms with Crippen LogP contribution in [0.2, 0.25) is 0 Å². The Morgan fingerprint density at radius 2 is 2.12 bits per heavy atom. The molecule has 3 nitrogen and oxygen atoms in total. The van der Waals surface area contributed by atoms with E-state index in [9.17, 15) is 5.11 Å². The van der Waals surface area contributed by atoms with Crippen LogP contribution in [-0.2, 0) is 6.42 Å². The number of rotatable bonds is 2. The van der Waals surface area contributed by atoms with Crippen molar-refractivity contribution in [3.63, 3.8) is 0 Å². The topological polar surface area (TPSA) is 38.7 Å². The van der Waals surface area contributed by atoms with Crippen molar-refractivity contribution in [2.75, 3.05) is 13.2 Å². The van der Waals surface area contributed by atoms with Gasteiger partial charge in [-0.2, -0.15) is 0 Å². The van der Waals surface area contributed by atoms with Crippen molar-refractivity contribution < 1.29 is 14.6 Å². The van der Waals surface area contributed by atoms with E-state index in [0.717, 1.165) is 27.1 Å². The summed E-state index contributed by atoms with van der Waals surface area (Å²) in [6.45, 7) is 4.94. The van der Waals surface area contributed by atoms with Crippen LogP contribution in [0, 0.1) is 6.92 Å². The Labute approximate surface area is 104 Å². The normalized spacial score (nSPS) is 16.0. The summed E-state index contributed by atoms with van der Waals surface area (Å²) in [4.78, 5) is 0. The van der Waals surface area contributed by atoms with Crippen molar-refractivity contribution in [1.82, 2.24) is 0 Å². The van der Waals surface area contributed by atoms with Crippen molar-refractivity contribution in [2.45, 2.75) is 26.4 Å². The van der Waals surface area contributed by atoms with Crippen molar-refractivity contribution in [2.24, 2.45) is 0 Å². The quantitative estimate of drug-likeness (QED) is 0.908. The minimum atomic E-state index is -0.363. The van der Waals surface area contributed by atoms with E-state index in [-0.39, 0.29) is 6.10 Å². The van der Waals surface area contributed by atoms with Crippen LogP contribution < -0.4 is 9.47 Å². The van der Waals surface area contributed by atoms with Crippen LogP contribution in [0.1, 0.15) is 18.1 Å². The third-order valence-corrected chi connectivity index (χ3v) is 3.69. The molecule has 1 aromatic rings. The van der Waals surface area contributed by atoms with Crippen molar-refractivity contribution >= 4 is 15.9 Å². The number of halogens is 1. The number of hydrogen-bond acceptors (Lipinski definition) is 3. The molecule has 1 aliphatic heterocycles. The predicted molar refractivity (Wildman–Crippen MR) is 65.3 cm³/mol. The van der Waals surface area contributed by atoms with Crippen molar-refractivity contribution in [1.29, 1.82) is 0 Å². The number of aliphatic hydroxyl groups is 1. The van der Waals surface area contributed by atoms with Crippen LogP contribution in [0.25, 0.3) is 0 Å². The molecule has 0 aliphatic carbocycles. The Morgan fingerprint density at radius 3 is 2.81 bits per heavy atom. The summed E-state index contributed by atoms with van der Waals surface area (Å²) in [7, 11) is 0. The first kappa shape index (κ1) is 11.7. The second-order valence-corrected chi connectivity index (χ2v) is 4.85. The number of aliphatic hydroxyl groups excluding tert-OH is 1. The first-order valence-corrected chi connectivity index (χ1v) is 6.14. The molecule has 0 saturated carbocycles. The van der Waals surface area contributed by atoms with E-state index in [1.807, 2.05) is 13.0 Å². The van der Waals surface area contributed by atoms with Gasteiger partial charge >= 0.3 is 0 Å². The van der Waals surface area contributed by atoms with Crippen LogP contribution in [0.15, 0.2) is 10.5 Å². The molecular weight excluding hydrogens is 272 g/mol. The van der Waals surface area contributed by atoms with Gasteiger partial charge in [0.1, 0.15) is 13.2 Å². The molecule has 4 heteroatoms. The van der Waals surface area contributed by atoms with Gasteiger partial charge < -0.3 is 14.6 Å². The molecule has 0 aromatic heterocycles. The summed E-state index contributed by atoms with van der Waals surface area (Å²) in [5.74, 6) is 1.59. The number of benzene rings is 1. The summed E-state index contributed by atoms with van der Waals surface area (Å²) < 4.78 is 12.1. The molecule has 0 saturated heterocycles. The van der Waals surface area contributed by atoms with Crippen LogP contribution in [-0.4, -0.2) is 24.4 Å². The third kappa shape index (κ3) is 2.18. The number of ether oxygens (including phenoxy) is 2. The summed E-state index contributed by atoms with van der Waals surface area (Å²) in [5, 5.41) is 9.43. The summed E-state index contributed by atoms with van der Waals surface area (Å²) in [6, 6.07) is 1.94. The van der Waals surface area contributed by atoms with Crippen LogP contribution in [0.3, 0.4) is 0 Å². The molecule has 0 bridgehead atoms. The maximum absolute atomic E-state index is 9.43. The van der Waals surface area contributed by atoms with Gasteiger partial charge in [-0.1, -0.05) is 15.9 Å². The van der Waals surface area contributed by atoms with Gasteiger partial charge in [-0.25, -0.2) is 0 Å². The molecule has 88 valence electrons. The van der Waals surface area contributed by atoms with E-state index in [1.54, 1.807) is 6.92 Å². The molecular formula is C12H15BrO3. The lowest BCUT2D eigenvalue weighted by Gasteiger charge is -2.22. The van der Waals surface area contributed by atoms with Crippen molar-refractivity contribution in [3.05, 3.63) is 21.7 Å². The van der Waals surface area contributed by atoms with Gasteiger partial charge in [-0.05, 0) is 31.9 Å². The highest BCUT2D eigenvalue weighted by Crippen LogP contribution is 2.40. The molecule has 1 unspecified atom stereocenters. The fourth-order valence-corrected chi connectivity index (χ4v) is 2.32.